The summed E-state index contributed by atoms with van der Waals surface area (Å²) in [5.74, 6) is 1.68. The third kappa shape index (κ3) is 2.26. The molecule has 1 aromatic rings. The molecule has 5 heteroatoms. The Labute approximate surface area is 113 Å². The molecule has 2 bridgehead atoms. The van der Waals surface area contributed by atoms with Crippen LogP contribution >= 0.6 is 11.5 Å². The average molecular weight is 266 g/mol. The topological polar surface area (TPSA) is 41.1 Å². The van der Waals surface area contributed by atoms with Crippen LogP contribution in [0, 0.1) is 0 Å². The highest BCUT2D eigenvalue weighted by atomic mass is 32.1. The zero-order valence-electron chi connectivity index (χ0n) is 11.2. The molecule has 1 aromatic heterocycles. The fraction of sp³-hybridized carbons (Fsp3) is 0.846. The number of rotatable bonds is 4. The van der Waals surface area contributed by atoms with E-state index in [0.717, 1.165) is 36.0 Å². The van der Waals surface area contributed by atoms with Gasteiger partial charge in [-0.05, 0) is 39.2 Å². The maximum atomic E-state index is 4.67. The number of piperidine rings is 1. The lowest BCUT2D eigenvalue weighted by molar-refractivity contribution is 0.159. The van der Waals surface area contributed by atoms with E-state index in [2.05, 4.69) is 33.5 Å². The third-order valence-electron chi connectivity index (χ3n) is 4.43. The molecule has 100 valence electrons. The summed E-state index contributed by atoms with van der Waals surface area (Å²) in [5, 5.41) is 4.33. The second kappa shape index (κ2) is 5.13. The number of hydrogen-bond acceptors (Lipinski definition) is 5. The van der Waals surface area contributed by atoms with Gasteiger partial charge in [0.05, 0.1) is 0 Å². The van der Waals surface area contributed by atoms with E-state index < -0.39 is 0 Å². The molecule has 0 amide bonds. The summed E-state index contributed by atoms with van der Waals surface area (Å²) < 4.78 is 4.56. The summed E-state index contributed by atoms with van der Waals surface area (Å²) in [5.41, 5.74) is 0. The van der Waals surface area contributed by atoms with E-state index in [9.17, 15) is 0 Å². The molecule has 0 aromatic carbocycles. The van der Waals surface area contributed by atoms with Crippen LogP contribution in [0.2, 0.25) is 0 Å². The van der Waals surface area contributed by atoms with Crippen molar-refractivity contribution in [3.63, 3.8) is 0 Å². The van der Waals surface area contributed by atoms with Gasteiger partial charge in [0.15, 0.2) is 0 Å². The molecule has 2 aliphatic heterocycles. The summed E-state index contributed by atoms with van der Waals surface area (Å²) in [6, 6.07) is 1.54. The van der Waals surface area contributed by atoms with E-state index in [4.69, 9.17) is 0 Å². The van der Waals surface area contributed by atoms with Gasteiger partial charge in [-0.25, -0.2) is 4.98 Å². The van der Waals surface area contributed by atoms with E-state index in [-0.39, 0.29) is 0 Å². The number of anilines is 1. The largest absolute Gasteiger partial charge is 0.360 e. The van der Waals surface area contributed by atoms with Gasteiger partial charge in [-0.3, -0.25) is 0 Å². The Bertz CT molecular complexity index is 391. The molecule has 0 saturated carbocycles. The summed E-state index contributed by atoms with van der Waals surface area (Å²) in [7, 11) is 2.28. The monoisotopic (exact) mass is 266 g/mol. The van der Waals surface area contributed by atoms with E-state index in [1.807, 2.05) is 0 Å². The lowest BCUT2D eigenvalue weighted by atomic mass is 9.90. The predicted molar refractivity (Wildman–Crippen MR) is 75.2 cm³/mol. The van der Waals surface area contributed by atoms with Crippen molar-refractivity contribution in [3.8, 4) is 0 Å². The molecular formula is C13H22N4S. The fourth-order valence-corrected chi connectivity index (χ4v) is 4.00. The minimum absolute atomic E-state index is 0.590. The molecule has 2 aliphatic rings. The summed E-state index contributed by atoms with van der Waals surface area (Å²) >= 11 is 1.52. The lowest BCUT2D eigenvalue weighted by Crippen LogP contribution is -2.39. The van der Waals surface area contributed by atoms with E-state index in [1.165, 1.54) is 37.2 Å². The minimum Gasteiger partial charge on any atom is -0.360 e. The summed E-state index contributed by atoms with van der Waals surface area (Å²) in [6.45, 7) is 3.16. The van der Waals surface area contributed by atoms with Crippen LogP contribution in [-0.4, -0.2) is 39.9 Å². The number of fused-ring (bicyclic) bond motifs is 2. The van der Waals surface area contributed by atoms with Crippen molar-refractivity contribution < 1.29 is 0 Å². The van der Waals surface area contributed by atoms with Crippen molar-refractivity contribution in [2.24, 2.45) is 0 Å². The van der Waals surface area contributed by atoms with Crippen LogP contribution in [0.1, 0.15) is 50.8 Å². The van der Waals surface area contributed by atoms with Gasteiger partial charge >= 0.3 is 0 Å². The Hall–Kier alpha value is -0.680. The Morgan fingerprint density at radius 1 is 1.33 bits per heavy atom. The Balaban J connectivity index is 1.66. The second-order valence-corrected chi connectivity index (χ2v) is 6.36. The molecule has 0 aliphatic carbocycles. The van der Waals surface area contributed by atoms with Gasteiger partial charge in [0, 0.05) is 36.1 Å². The van der Waals surface area contributed by atoms with Crippen molar-refractivity contribution in [2.45, 2.75) is 57.0 Å². The van der Waals surface area contributed by atoms with Crippen molar-refractivity contribution in [1.29, 1.82) is 0 Å². The first-order valence-electron chi connectivity index (χ1n) is 7.07. The van der Waals surface area contributed by atoms with Crippen LogP contribution < -0.4 is 5.32 Å². The van der Waals surface area contributed by atoms with Crippen molar-refractivity contribution in [1.82, 2.24) is 14.3 Å². The highest BCUT2D eigenvalue weighted by Crippen LogP contribution is 2.41. The van der Waals surface area contributed by atoms with Crippen LogP contribution in [0.25, 0.3) is 0 Å². The molecule has 0 radical (unpaired) electrons. The van der Waals surface area contributed by atoms with Gasteiger partial charge in [-0.1, -0.05) is 6.92 Å². The Morgan fingerprint density at radius 3 is 2.72 bits per heavy atom. The Kier molecular flexibility index (Phi) is 3.52. The lowest BCUT2D eigenvalue weighted by Gasteiger charge is -2.35. The van der Waals surface area contributed by atoms with Crippen LogP contribution in [0.4, 0.5) is 5.13 Å². The van der Waals surface area contributed by atoms with Gasteiger partial charge in [-0.2, -0.15) is 4.37 Å². The SMILES string of the molecule is CCCNc1nc(C2CC3CCC(C2)N3C)ns1. The van der Waals surface area contributed by atoms with Crippen molar-refractivity contribution >= 4 is 16.7 Å². The number of aromatic nitrogens is 2. The van der Waals surface area contributed by atoms with Gasteiger partial charge in [-0.15, -0.1) is 0 Å². The first kappa shape index (κ1) is 12.4. The molecule has 1 N–H and O–H groups in total. The smallest absolute Gasteiger partial charge is 0.202 e. The van der Waals surface area contributed by atoms with Gasteiger partial charge in [0.2, 0.25) is 5.13 Å². The van der Waals surface area contributed by atoms with Gasteiger partial charge in [0.25, 0.3) is 0 Å². The predicted octanol–water partition coefficient (Wildman–Crippen LogP) is 2.70. The summed E-state index contributed by atoms with van der Waals surface area (Å²) in [4.78, 5) is 7.24. The molecular weight excluding hydrogens is 244 g/mol. The fourth-order valence-electron chi connectivity index (χ4n) is 3.33. The van der Waals surface area contributed by atoms with E-state index in [1.54, 1.807) is 0 Å². The molecule has 2 unspecified atom stereocenters. The van der Waals surface area contributed by atoms with Gasteiger partial charge < -0.3 is 10.2 Å². The first-order chi connectivity index (χ1) is 8.78. The summed E-state index contributed by atoms with van der Waals surface area (Å²) in [6.07, 6.45) is 6.35. The molecule has 3 rings (SSSR count). The van der Waals surface area contributed by atoms with E-state index >= 15 is 0 Å². The number of nitrogens with zero attached hydrogens (tertiary/aromatic N) is 3. The highest BCUT2D eigenvalue weighted by molar-refractivity contribution is 7.09. The highest BCUT2D eigenvalue weighted by Gasteiger charge is 2.40. The van der Waals surface area contributed by atoms with Crippen molar-refractivity contribution in [3.05, 3.63) is 5.82 Å². The maximum Gasteiger partial charge on any atom is 0.202 e. The maximum absolute atomic E-state index is 4.67. The molecule has 3 heterocycles. The molecule has 0 spiro atoms. The van der Waals surface area contributed by atoms with Crippen LogP contribution in [-0.2, 0) is 0 Å². The van der Waals surface area contributed by atoms with Gasteiger partial charge in [0.1, 0.15) is 5.82 Å². The second-order valence-electron chi connectivity index (χ2n) is 5.60. The average Bonchev–Trinajstić information content (AvgIpc) is 2.90. The third-order valence-corrected chi connectivity index (χ3v) is 5.12. The molecule has 2 fully saturated rings. The first-order valence-corrected chi connectivity index (χ1v) is 7.84. The minimum atomic E-state index is 0.590. The quantitative estimate of drug-likeness (QED) is 0.909. The van der Waals surface area contributed by atoms with E-state index in [0.29, 0.717) is 5.92 Å². The van der Waals surface area contributed by atoms with Crippen LogP contribution in [0.5, 0.6) is 0 Å². The van der Waals surface area contributed by atoms with Crippen LogP contribution in [0.15, 0.2) is 0 Å². The number of hydrogen-bond donors (Lipinski definition) is 1. The molecule has 2 atom stereocenters. The zero-order chi connectivity index (χ0) is 12.5. The zero-order valence-corrected chi connectivity index (χ0v) is 12.0. The molecule has 2 saturated heterocycles. The standard InChI is InChI=1S/C13H22N4S/c1-3-6-14-13-15-12(16-18-13)9-7-10-4-5-11(8-9)17(10)2/h9-11H,3-8H2,1-2H3,(H,14,15,16). The number of nitrogens with one attached hydrogen (secondary N) is 1. The normalized spacial score (nSPS) is 31.8. The Morgan fingerprint density at radius 2 is 2.06 bits per heavy atom. The van der Waals surface area contributed by atoms with Crippen LogP contribution in [0.3, 0.4) is 0 Å². The molecule has 4 nitrogen and oxygen atoms in total. The molecule has 18 heavy (non-hydrogen) atoms. The van der Waals surface area contributed by atoms with Crippen molar-refractivity contribution in [2.75, 3.05) is 18.9 Å².